The summed E-state index contributed by atoms with van der Waals surface area (Å²) in [7, 11) is 0. The summed E-state index contributed by atoms with van der Waals surface area (Å²) in [6, 6.07) is 4.07. The van der Waals surface area contributed by atoms with E-state index in [0.717, 1.165) is 0 Å². The molecule has 0 bridgehead atoms. The summed E-state index contributed by atoms with van der Waals surface area (Å²) in [6.07, 6.45) is 0. The fourth-order valence-corrected chi connectivity index (χ4v) is 1.40. The maximum atomic E-state index is 10.9. The second kappa shape index (κ2) is 5.34. The number of carboxylic acids is 1. The number of nitrogens with zero attached hydrogens (tertiary/aromatic N) is 1. The number of benzene rings is 1. The number of carbonyl (C=O) groups is 1. The third-order valence-electron chi connectivity index (χ3n) is 2.29. The molecule has 0 fully saturated rings. The van der Waals surface area contributed by atoms with Crippen molar-refractivity contribution in [2.24, 2.45) is 5.41 Å². The highest BCUT2D eigenvalue weighted by atomic mass is 79.9. The topological polar surface area (TPSA) is 89.7 Å². The van der Waals surface area contributed by atoms with Gasteiger partial charge in [-0.25, -0.2) is 0 Å². The van der Waals surface area contributed by atoms with Crippen LogP contribution in [-0.2, 0) is 4.79 Å². The molecule has 0 amide bonds. The Labute approximate surface area is 112 Å². The molecule has 1 N–H and O–H groups in total. The number of rotatable bonds is 5. The van der Waals surface area contributed by atoms with Crippen molar-refractivity contribution in [1.82, 2.24) is 0 Å². The lowest BCUT2D eigenvalue weighted by Gasteiger charge is -2.19. The van der Waals surface area contributed by atoms with Gasteiger partial charge in [0, 0.05) is 6.07 Å². The third-order valence-corrected chi connectivity index (χ3v) is 2.95. The number of nitro benzene ring substituents is 1. The predicted octanol–water partition coefficient (Wildman–Crippen LogP) is 2.85. The van der Waals surface area contributed by atoms with Crippen LogP contribution < -0.4 is 4.74 Å². The SMILES string of the molecule is CC(C)(COc1cc([N+](=O)[O-])ccc1Br)C(=O)O. The van der Waals surface area contributed by atoms with Crippen molar-refractivity contribution in [1.29, 1.82) is 0 Å². The van der Waals surface area contributed by atoms with Gasteiger partial charge in [-0.15, -0.1) is 0 Å². The standard InChI is InChI=1S/C11H12BrNO5/c1-11(2,10(14)15)6-18-9-5-7(13(16)17)3-4-8(9)12/h3-5H,6H2,1-2H3,(H,14,15). The van der Waals surface area contributed by atoms with Gasteiger partial charge in [-0.2, -0.15) is 0 Å². The summed E-state index contributed by atoms with van der Waals surface area (Å²) in [4.78, 5) is 21.0. The molecule has 18 heavy (non-hydrogen) atoms. The van der Waals surface area contributed by atoms with Crippen LogP contribution in [0.2, 0.25) is 0 Å². The lowest BCUT2D eigenvalue weighted by Crippen LogP contribution is -2.30. The fourth-order valence-electron chi connectivity index (χ4n) is 1.04. The number of halogens is 1. The molecule has 0 aromatic heterocycles. The Kier molecular flexibility index (Phi) is 4.28. The Bertz CT molecular complexity index is 486. The molecule has 1 rings (SSSR count). The molecule has 0 radical (unpaired) electrons. The Morgan fingerprint density at radius 3 is 2.67 bits per heavy atom. The third kappa shape index (κ3) is 3.43. The van der Waals surface area contributed by atoms with Crippen molar-refractivity contribution >= 4 is 27.6 Å². The number of hydrogen-bond donors (Lipinski definition) is 1. The van der Waals surface area contributed by atoms with E-state index in [0.29, 0.717) is 4.47 Å². The van der Waals surface area contributed by atoms with Gasteiger partial charge in [-0.1, -0.05) is 0 Å². The van der Waals surface area contributed by atoms with Crippen LogP contribution in [0.15, 0.2) is 22.7 Å². The predicted molar refractivity (Wildman–Crippen MR) is 67.7 cm³/mol. The maximum absolute atomic E-state index is 10.9. The van der Waals surface area contributed by atoms with Gasteiger partial charge >= 0.3 is 5.97 Å². The highest BCUT2D eigenvalue weighted by Crippen LogP contribution is 2.30. The van der Waals surface area contributed by atoms with Crippen molar-refractivity contribution in [3.05, 3.63) is 32.8 Å². The summed E-state index contributed by atoms with van der Waals surface area (Å²) >= 11 is 3.19. The van der Waals surface area contributed by atoms with Crippen LogP contribution in [0.4, 0.5) is 5.69 Å². The summed E-state index contributed by atoms with van der Waals surface area (Å²) in [6.45, 7) is 2.95. The van der Waals surface area contributed by atoms with E-state index in [4.69, 9.17) is 9.84 Å². The van der Waals surface area contributed by atoms with Gasteiger partial charge in [0.1, 0.15) is 12.4 Å². The largest absolute Gasteiger partial charge is 0.491 e. The average molecular weight is 318 g/mol. The van der Waals surface area contributed by atoms with Gasteiger partial charge in [0.25, 0.3) is 5.69 Å². The molecule has 0 aliphatic carbocycles. The lowest BCUT2D eigenvalue weighted by molar-refractivity contribution is -0.385. The first-order valence-corrected chi connectivity index (χ1v) is 5.83. The quantitative estimate of drug-likeness (QED) is 0.666. The summed E-state index contributed by atoms with van der Waals surface area (Å²) in [5.41, 5.74) is -1.18. The minimum Gasteiger partial charge on any atom is -0.491 e. The highest BCUT2D eigenvalue weighted by molar-refractivity contribution is 9.10. The number of carboxylic acid groups (broad SMARTS) is 1. The van der Waals surface area contributed by atoms with E-state index in [9.17, 15) is 14.9 Å². The van der Waals surface area contributed by atoms with Gasteiger partial charge in [-0.05, 0) is 35.8 Å². The van der Waals surface area contributed by atoms with E-state index in [2.05, 4.69) is 15.9 Å². The average Bonchev–Trinajstić information content (AvgIpc) is 2.27. The monoisotopic (exact) mass is 317 g/mol. The van der Waals surface area contributed by atoms with Crippen molar-refractivity contribution < 1.29 is 19.6 Å². The minimum absolute atomic E-state index is 0.0812. The molecule has 7 heteroatoms. The molecule has 0 unspecified atom stereocenters. The van der Waals surface area contributed by atoms with Gasteiger partial charge in [0.05, 0.1) is 20.9 Å². The summed E-state index contributed by atoms with van der Waals surface area (Å²) in [5, 5.41) is 19.5. The Hall–Kier alpha value is -1.63. The van der Waals surface area contributed by atoms with E-state index in [1.54, 1.807) is 0 Å². The van der Waals surface area contributed by atoms with Gasteiger partial charge in [0.2, 0.25) is 0 Å². The van der Waals surface area contributed by atoms with Crippen LogP contribution >= 0.6 is 15.9 Å². The van der Waals surface area contributed by atoms with Gasteiger partial charge < -0.3 is 9.84 Å². The molecule has 0 aliphatic heterocycles. The van der Waals surface area contributed by atoms with Gasteiger partial charge in [-0.3, -0.25) is 14.9 Å². The van der Waals surface area contributed by atoms with E-state index >= 15 is 0 Å². The second-order valence-electron chi connectivity index (χ2n) is 4.35. The normalized spacial score (nSPS) is 11.1. The second-order valence-corrected chi connectivity index (χ2v) is 5.20. The first-order valence-electron chi connectivity index (χ1n) is 5.04. The number of hydrogen-bond acceptors (Lipinski definition) is 4. The van der Waals surface area contributed by atoms with Crippen molar-refractivity contribution in [2.45, 2.75) is 13.8 Å². The lowest BCUT2D eigenvalue weighted by atomic mass is 9.95. The van der Waals surface area contributed by atoms with E-state index in [-0.39, 0.29) is 18.0 Å². The molecule has 0 spiro atoms. The van der Waals surface area contributed by atoms with Crippen LogP contribution in [0.5, 0.6) is 5.75 Å². The molecule has 0 heterocycles. The van der Waals surface area contributed by atoms with Crippen LogP contribution in [0.1, 0.15) is 13.8 Å². The first kappa shape index (κ1) is 14.4. The summed E-state index contributed by atoms with van der Waals surface area (Å²) < 4.78 is 5.86. The molecule has 6 nitrogen and oxygen atoms in total. The van der Waals surface area contributed by atoms with E-state index < -0.39 is 16.3 Å². The molecule has 1 aromatic rings. The van der Waals surface area contributed by atoms with Crippen LogP contribution in [0, 0.1) is 15.5 Å². The summed E-state index contributed by atoms with van der Waals surface area (Å²) in [5.74, 6) is -0.748. The van der Waals surface area contributed by atoms with Crippen molar-refractivity contribution in [3.63, 3.8) is 0 Å². The first-order chi connectivity index (χ1) is 8.24. The molecule has 0 saturated carbocycles. The molecule has 98 valence electrons. The van der Waals surface area contributed by atoms with Crippen LogP contribution in [-0.4, -0.2) is 22.6 Å². The number of ether oxygens (including phenoxy) is 1. The molecule has 0 saturated heterocycles. The Morgan fingerprint density at radius 2 is 2.17 bits per heavy atom. The van der Waals surface area contributed by atoms with E-state index in [1.165, 1.54) is 32.0 Å². The zero-order valence-corrected chi connectivity index (χ0v) is 11.4. The Morgan fingerprint density at radius 1 is 1.56 bits per heavy atom. The molecule has 1 aromatic carbocycles. The number of non-ortho nitro benzene ring substituents is 1. The van der Waals surface area contributed by atoms with Crippen LogP contribution in [0.25, 0.3) is 0 Å². The van der Waals surface area contributed by atoms with Crippen LogP contribution in [0.3, 0.4) is 0 Å². The smallest absolute Gasteiger partial charge is 0.312 e. The molecular weight excluding hydrogens is 306 g/mol. The van der Waals surface area contributed by atoms with Crippen molar-refractivity contribution in [3.8, 4) is 5.75 Å². The molecule has 0 atom stereocenters. The number of aliphatic carboxylic acids is 1. The maximum Gasteiger partial charge on any atom is 0.312 e. The van der Waals surface area contributed by atoms with Gasteiger partial charge in [0.15, 0.2) is 0 Å². The molecule has 0 aliphatic rings. The fraction of sp³-hybridized carbons (Fsp3) is 0.364. The molecular formula is C11H12BrNO5. The van der Waals surface area contributed by atoms with E-state index in [1.807, 2.05) is 0 Å². The zero-order chi connectivity index (χ0) is 13.9. The highest BCUT2D eigenvalue weighted by Gasteiger charge is 2.28. The number of nitro groups is 1. The minimum atomic E-state index is -1.07. The zero-order valence-electron chi connectivity index (χ0n) is 9.84. The Balaban J connectivity index is 2.88. The van der Waals surface area contributed by atoms with Crippen molar-refractivity contribution in [2.75, 3.05) is 6.61 Å².